The Morgan fingerprint density at radius 1 is 0.260 bits per heavy atom. The van der Waals surface area contributed by atoms with E-state index in [2.05, 4.69) is 180 Å². The first-order valence-corrected chi connectivity index (χ1v) is 16.7. The van der Waals surface area contributed by atoms with E-state index in [1.807, 2.05) is 36.7 Å². The minimum Gasteiger partial charge on any atom is -0.310 e. The van der Waals surface area contributed by atoms with Crippen LogP contribution in [0.15, 0.2) is 207 Å². The fraction of sp³-hybridized carbons (Fsp3) is 0. The van der Waals surface area contributed by atoms with Crippen LogP contribution in [0.25, 0.3) is 33.6 Å². The van der Waals surface area contributed by atoms with Crippen LogP contribution in [0.1, 0.15) is 0 Å². The minimum absolute atomic E-state index is 0.909. The van der Waals surface area contributed by atoms with Gasteiger partial charge in [-0.05, 0) is 108 Å². The minimum atomic E-state index is 0.909. The highest BCUT2D eigenvalue weighted by molar-refractivity contribution is 5.82. The zero-order valence-corrected chi connectivity index (χ0v) is 27.4. The number of hydrogen-bond donors (Lipinski definition) is 0. The number of benzene rings is 6. The molecule has 2 heterocycles. The predicted octanol–water partition coefficient (Wildman–Crippen LogP) is 12.4. The summed E-state index contributed by atoms with van der Waals surface area (Å²) in [5, 5.41) is 0. The first-order valence-electron chi connectivity index (χ1n) is 16.7. The summed E-state index contributed by atoms with van der Waals surface area (Å²) in [7, 11) is 0. The second kappa shape index (κ2) is 14.1. The maximum Gasteiger partial charge on any atom is 0.0708 e. The summed E-state index contributed by atoms with van der Waals surface area (Å²) in [6, 6.07) is 67.4. The van der Waals surface area contributed by atoms with Crippen LogP contribution in [-0.2, 0) is 0 Å². The summed E-state index contributed by atoms with van der Waals surface area (Å²) < 4.78 is 0. The molecule has 6 aromatic carbocycles. The van der Waals surface area contributed by atoms with Crippen molar-refractivity contribution in [3.63, 3.8) is 0 Å². The number of rotatable bonds is 9. The summed E-state index contributed by atoms with van der Waals surface area (Å²) in [6.07, 6.45) is 3.78. The maximum absolute atomic E-state index is 4.81. The molecule has 0 saturated heterocycles. The molecular weight excluding hydrogens is 609 g/mol. The lowest BCUT2D eigenvalue weighted by atomic mass is 10.0. The fourth-order valence-corrected chi connectivity index (χ4v) is 6.35. The van der Waals surface area contributed by atoms with E-state index in [4.69, 9.17) is 9.97 Å². The molecule has 8 rings (SSSR count). The molecule has 0 fully saturated rings. The van der Waals surface area contributed by atoms with Crippen molar-refractivity contribution in [2.24, 2.45) is 0 Å². The van der Waals surface area contributed by atoms with Crippen LogP contribution < -0.4 is 9.80 Å². The van der Waals surface area contributed by atoms with Gasteiger partial charge in [0.2, 0.25) is 0 Å². The number of anilines is 6. The van der Waals surface area contributed by atoms with Gasteiger partial charge >= 0.3 is 0 Å². The van der Waals surface area contributed by atoms with Crippen LogP contribution >= 0.6 is 0 Å². The van der Waals surface area contributed by atoms with Crippen LogP contribution in [0.5, 0.6) is 0 Å². The first-order chi connectivity index (χ1) is 24.8. The van der Waals surface area contributed by atoms with Crippen molar-refractivity contribution in [1.29, 1.82) is 0 Å². The third kappa shape index (κ3) is 6.51. The van der Waals surface area contributed by atoms with Gasteiger partial charge in [-0.15, -0.1) is 0 Å². The van der Waals surface area contributed by atoms with Gasteiger partial charge in [0.1, 0.15) is 0 Å². The van der Waals surface area contributed by atoms with Crippen LogP contribution in [0.2, 0.25) is 0 Å². The molecule has 0 radical (unpaired) electrons. The molecule has 0 unspecified atom stereocenters. The average molecular weight is 643 g/mol. The molecule has 4 heteroatoms. The summed E-state index contributed by atoms with van der Waals surface area (Å²) in [6.45, 7) is 0. The highest BCUT2D eigenvalue weighted by Gasteiger charge is 2.15. The van der Waals surface area contributed by atoms with E-state index in [0.717, 1.165) is 67.8 Å². The van der Waals surface area contributed by atoms with Crippen molar-refractivity contribution in [2.45, 2.75) is 0 Å². The van der Waals surface area contributed by atoms with E-state index in [0.29, 0.717) is 0 Å². The number of pyridine rings is 2. The number of para-hydroxylation sites is 4. The molecule has 0 amide bonds. The molecule has 0 N–H and O–H groups in total. The highest BCUT2D eigenvalue weighted by Crippen LogP contribution is 2.38. The Kier molecular flexibility index (Phi) is 8.64. The van der Waals surface area contributed by atoms with Crippen molar-refractivity contribution < 1.29 is 0 Å². The van der Waals surface area contributed by atoms with Crippen molar-refractivity contribution in [3.8, 4) is 33.6 Å². The van der Waals surface area contributed by atoms with E-state index >= 15 is 0 Å². The van der Waals surface area contributed by atoms with Crippen molar-refractivity contribution in [3.05, 3.63) is 207 Å². The predicted molar refractivity (Wildman–Crippen MR) is 208 cm³/mol. The van der Waals surface area contributed by atoms with E-state index in [9.17, 15) is 0 Å². The second-order valence-electron chi connectivity index (χ2n) is 12.0. The van der Waals surface area contributed by atoms with Crippen LogP contribution in [0.4, 0.5) is 34.1 Å². The van der Waals surface area contributed by atoms with Crippen LogP contribution in [-0.4, -0.2) is 9.97 Å². The average Bonchev–Trinajstić information content (AvgIpc) is 3.20. The summed E-state index contributed by atoms with van der Waals surface area (Å²) in [4.78, 5) is 14.2. The Hall–Kier alpha value is -6.78. The molecule has 0 aliphatic carbocycles. The van der Waals surface area contributed by atoms with Gasteiger partial charge in [0.15, 0.2) is 0 Å². The zero-order chi connectivity index (χ0) is 33.5. The summed E-state index contributed by atoms with van der Waals surface area (Å²) in [5.41, 5.74) is 12.6. The molecule has 238 valence electrons. The number of aromatic nitrogens is 2. The molecule has 0 bridgehead atoms. The summed E-state index contributed by atoms with van der Waals surface area (Å²) >= 11 is 0. The second-order valence-corrected chi connectivity index (χ2v) is 12.0. The van der Waals surface area contributed by atoms with Gasteiger partial charge in [-0.1, -0.05) is 97.1 Å². The quantitative estimate of drug-likeness (QED) is 0.157. The SMILES string of the molecule is c1ccc(N(c2ccccc2)c2cccc(-c3cc(-c4ccnc(-c5cccc(N(c6ccccc6)c6ccccc6)c5)c4)ccn3)c2)cc1. The molecule has 8 aromatic rings. The van der Waals surface area contributed by atoms with E-state index < -0.39 is 0 Å². The lowest BCUT2D eigenvalue weighted by Crippen LogP contribution is -2.09. The van der Waals surface area contributed by atoms with Crippen molar-refractivity contribution in [1.82, 2.24) is 9.97 Å². The van der Waals surface area contributed by atoms with E-state index in [-0.39, 0.29) is 0 Å². The zero-order valence-electron chi connectivity index (χ0n) is 27.4. The van der Waals surface area contributed by atoms with Gasteiger partial charge < -0.3 is 9.80 Å². The Bertz CT molecular complexity index is 2080. The van der Waals surface area contributed by atoms with E-state index in [1.165, 1.54) is 0 Å². The molecule has 50 heavy (non-hydrogen) atoms. The molecule has 2 aromatic heterocycles. The van der Waals surface area contributed by atoms with Gasteiger partial charge in [0.05, 0.1) is 11.4 Å². The van der Waals surface area contributed by atoms with Crippen LogP contribution in [0, 0.1) is 0 Å². The van der Waals surface area contributed by atoms with Crippen molar-refractivity contribution >= 4 is 34.1 Å². The maximum atomic E-state index is 4.81. The third-order valence-electron chi connectivity index (χ3n) is 8.71. The Morgan fingerprint density at radius 3 is 0.920 bits per heavy atom. The number of hydrogen-bond acceptors (Lipinski definition) is 4. The Balaban J connectivity index is 1.13. The lowest BCUT2D eigenvalue weighted by Gasteiger charge is -2.26. The largest absolute Gasteiger partial charge is 0.310 e. The van der Waals surface area contributed by atoms with Gasteiger partial charge in [0, 0.05) is 57.6 Å². The Labute approximate surface area is 293 Å². The summed E-state index contributed by atoms with van der Waals surface area (Å²) in [5.74, 6) is 0. The van der Waals surface area contributed by atoms with Gasteiger partial charge in [-0.3, -0.25) is 9.97 Å². The monoisotopic (exact) mass is 642 g/mol. The topological polar surface area (TPSA) is 32.3 Å². The van der Waals surface area contributed by atoms with Gasteiger partial charge in [-0.25, -0.2) is 0 Å². The molecule has 0 saturated carbocycles. The number of nitrogens with zero attached hydrogens (tertiary/aromatic N) is 4. The van der Waals surface area contributed by atoms with Crippen molar-refractivity contribution in [2.75, 3.05) is 9.80 Å². The molecule has 0 aliphatic rings. The smallest absolute Gasteiger partial charge is 0.0708 e. The first kappa shape index (κ1) is 30.5. The fourth-order valence-electron chi connectivity index (χ4n) is 6.35. The van der Waals surface area contributed by atoms with Gasteiger partial charge in [-0.2, -0.15) is 0 Å². The van der Waals surface area contributed by atoms with E-state index in [1.54, 1.807) is 0 Å². The highest BCUT2D eigenvalue weighted by atomic mass is 15.1. The van der Waals surface area contributed by atoms with Gasteiger partial charge in [0.25, 0.3) is 0 Å². The standard InChI is InChI=1S/C46H34N4/c1-5-17-39(18-6-1)49(40-19-7-2-8-20-40)43-25-13-15-37(31-43)45-33-35(27-29-47-45)36-28-30-48-46(34-36)38-16-14-26-44(32-38)50(41-21-9-3-10-22-41)42-23-11-4-12-24-42/h1-34H. The molecule has 0 spiro atoms. The molecule has 0 atom stereocenters. The van der Waals surface area contributed by atoms with Crippen LogP contribution in [0.3, 0.4) is 0 Å². The Morgan fingerprint density at radius 2 is 0.580 bits per heavy atom. The molecule has 4 nitrogen and oxygen atoms in total. The normalized spacial score (nSPS) is 10.8. The molecule has 0 aliphatic heterocycles. The third-order valence-corrected chi connectivity index (χ3v) is 8.71. The lowest BCUT2D eigenvalue weighted by molar-refractivity contribution is 1.27. The molecular formula is C46H34N4.